The third-order valence-corrected chi connectivity index (χ3v) is 6.71. The number of benzene rings is 1. The monoisotopic (exact) mass is 392 g/mol. The molecule has 1 aromatic carbocycles. The van der Waals surface area contributed by atoms with Crippen LogP contribution in [0.5, 0.6) is 0 Å². The summed E-state index contributed by atoms with van der Waals surface area (Å²) >= 11 is 1.62. The number of hydrogen-bond donors (Lipinski definition) is 0. The average Bonchev–Trinajstić information content (AvgIpc) is 3.37. The molecule has 0 N–H and O–H groups in total. The van der Waals surface area contributed by atoms with Gasteiger partial charge in [0.2, 0.25) is 0 Å². The SMILES string of the molecule is O=c1c2c3c(sc2n(Cc2ccccc2)c(=O)n1Cc1ccco1)CCCC3. The summed E-state index contributed by atoms with van der Waals surface area (Å²) in [7, 11) is 0. The van der Waals surface area contributed by atoms with Gasteiger partial charge in [0.05, 0.1) is 24.7 Å². The molecule has 0 fully saturated rings. The van der Waals surface area contributed by atoms with Crippen molar-refractivity contribution >= 4 is 21.6 Å². The van der Waals surface area contributed by atoms with E-state index in [2.05, 4.69) is 0 Å². The highest BCUT2D eigenvalue weighted by molar-refractivity contribution is 7.18. The molecule has 0 atom stereocenters. The number of rotatable bonds is 4. The number of aromatic nitrogens is 2. The second-order valence-corrected chi connectivity index (χ2v) is 8.30. The fourth-order valence-corrected chi connectivity index (χ4v) is 5.39. The van der Waals surface area contributed by atoms with E-state index in [1.165, 1.54) is 9.44 Å². The van der Waals surface area contributed by atoms with Crippen LogP contribution in [0.2, 0.25) is 0 Å². The molecular weight excluding hydrogens is 372 g/mol. The Labute approximate surface area is 165 Å². The van der Waals surface area contributed by atoms with Crippen LogP contribution >= 0.6 is 11.3 Å². The predicted octanol–water partition coefficient (Wildman–Crippen LogP) is 3.79. The van der Waals surface area contributed by atoms with Crippen LogP contribution < -0.4 is 11.2 Å². The minimum absolute atomic E-state index is 0.153. The molecule has 5 nitrogen and oxygen atoms in total. The Hall–Kier alpha value is -2.86. The first-order valence-electron chi connectivity index (χ1n) is 9.56. The standard InChI is InChI=1S/C22H20N2O3S/c25-20-19-17-10-4-5-11-18(17)28-21(19)24(13-15-7-2-1-3-8-15)22(26)23(20)14-16-9-6-12-27-16/h1-3,6-9,12H,4-5,10-11,13-14H2. The van der Waals surface area contributed by atoms with Crippen LogP contribution in [0, 0.1) is 0 Å². The number of aryl methyl sites for hydroxylation is 2. The second-order valence-electron chi connectivity index (χ2n) is 7.22. The number of hydrogen-bond acceptors (Lipinski definition) is 4. The molecule has 0 radical (unpaired) electrons. The minimum atomic E-state index is -0.281. The van der Waals surface area contributed by atoms with Crippen molar-refractivity contribution in [2.24, 2.45) is 0 Å². The Morgan fingerprint density at radius 1 is 0.929 bits per heavy atom. The van der Waals surface area contributed by atoms with Crippen molar-refractivity contribution in [3.63, 3.8) is 0 Å². The quantitative estimate of drug-likeness (QED) is 0.531. The summed E-state index contributed by atoms with van der Waals surface area (Å²) in [4.78, 5) is 28.7. The van der Waals surface area contributed by atoms with E-state index in [1.807, 2.05) is 30.3 Å². The van der Waals surface area contributed by atoms with Crippen LogP contribution in [-0.4, -0.2) is 9.13 Å². The van der Waals surface area contributed by atoms with E-state index in [1.54, 1.807) is 34.3 Å². The van der Waals surface area contributed by atoms with Gasteiger partial charge in [-0.25, -0.2) is 4.79 Å². The highest BCUT2D eigenvalue weighted by atomic mass is 32.1. The van der Waals surface area contributed by atoms with E-state index in [-0.39, 0.29) is 17.8 Å². The average molecular weight is 392 g/mol. The maximum atomic E-state index is 13.3. The first-order valence-corrected chi connectivity index (χ1v) is 10.4. The summed E-state index contributed by atoms with van der Waals surface area (Å²) in [5.41, 5.74) is 1.71. The normalized spacial score (nSPS) is 13.7. The van der Waals surface area contributed by atoms with Crippen molar-refractivity contribution in [3.8, 4) is 0 Å². The molecule has 5 rings (SSSR count). The van der Waals surface area contributed by atoms with Gasteiger partial charge in [0, 0.05) is 4.88 Å². The number of fused-ring (bicyclic) bond motifs is 3. The lowest BCUT2D eigenvalue weighted by Gasteiger charge is -2.13. The van der Waals surface area contributed by atoms with Gasteiger partial charge in [0.1, 0.15) is 10.6 Å². The van der Waals surface area contributed by atoms with Gasteiger partial charge in [-0.3, -0.25) is 13.9 Å². The van der Waals surface area contributed by atoms with Crippen LogP contribution in [0.15, 0.2) is 62.7 Å². The molecule has 0 bridgehead atoms. The number of nitrogens with zero attached hydrogens (tertiary/aromatic N) is 2. The van der Waals surface area contributed by atoms with E-state index in [0.29, 0.717) is 12.3 Å². The van der Waals surface area contributed by atoms with Crippen LogP contribution in [-0.2, 0) is 25.9 Å². The summed E-state index contributed by atoms with van der Waals surface area (Å²) in [5, 5.41) is 0.724. The van der Waals surface area contributed by atoms with E-state index in [0.717, 1.165) is 47.0 Å². The maximum Gasteiger partial charge on any atom is 0.332 e. The molecule has 0 aliphatic heterocycles. The molecule has 1 aliphatic carbocycles. The van der Waals surface area contributed by atoms with Crippen LogP contribution in [0.4, 0.5) is 0 Å². The molecule has 0 saturated heterocycles. The van der Waals surface area contributed by atoms with Crippen LogP contribution in [0.3, 0.4) is 0 Å². The molecule has 0 unspecified atom stereocenters. The number of furan rings is 1. The molecule has 0 amide bonds. The third-order valence-electron chi connectivity index (χ3n) is 5.40. The maximum absolute atomic E-state index is 13.3. The first kappa shape index (κ1) is 17.3. The van der Waals surface area contributed by atoms with Gasteiger partial charge in [-0.05, 0) is 48.9 Å². The third kappa shape index (κ3) is 2.85. The van der Waals surface area contributed by atoms with Crippen molar-refractivity contribution in [3.05, 3.63) is 91.3 Å². The van der Waals surface area contributed by atoms with Crippen LogP contribution in [0.1, 0.15) is 34.6 Å². The highest BCUT2D eigenvalue weighted by Gasteiger charge is 2.24. The van der Waals surface area contributed by atoms with Crippen molar-refractivity contribution < 1.29 is 4.42 Å². The predicted molar refractivity (Wildman–Crippen MR) is 110 cm³/mol. The van der Waals surface area contributed by atoms with E-state index in [4.69, 9.17) is 4.42 Å². The fourth-order valence-electron chi connectivity index (χ4n) is 4.02. The molecule has 1 aliphatic rings. The van der Waals surface area contributed by atoms with Gasteiger partial charge < -0.3 is 4.42 Å². The zero-order valence-electron chi connectivity index (χ0n) is 15.4. The summed E-state index contributed by atoms with van der Waals surface area (Å²) < 4.78 is 8.49. The van der Waals surface area contributed by atoms with Gasteiger partial charge in [-0.1, -0.05) is 30.3 Å². The topological polar surface area (TPSA) is 57.1 Å². The number of thiophene rings is 1. The summed E-state index contributed by atoms with van der Waals surface area (Å²) in [6.07, 6.45) is 5.70. The van der Waals surface area contributed by atoms with Gasteiger partial charge in [0.25, 0.3) is 5.56 Å². The lowest BCUT2D eigenvalue weighted by Crippen LogP contribution is -2.40. The lowest BCUT2D eigenvalue weighted by molar-refractivity contribution is 0.479. The molecule has 0 spiro atoms. The summed E-state index contributed by atoms with van der Waals surface area (Å²) in [6, 6.07) is 13.5. The molecule has 0 saturated carbocycles. The lowest BCUT2D eigenvalue weighted by atomic mass is 9.97. The molecule has 3 heterocycles. The van der Waals surface area contributed by atoms with Crippen molar-refractivity contribution in [2.75, 3.05) is 0 Å². The van der Waals surface area contributed by atoms with Gasteiger partial charge in [0.15, 0.2) is 0 Å². The van der Waals surface area contributed by atoms with E-state index in [9.17, 15) is 9.59 Å². The molecular formula is C22H20N2O3S. The van der Waals surface area contributed by atoms with Crippen molar-refractivity contribution in [2.45, 2.75) is 38.8 Å². The molecule has 6 heteroatoms. The second kappa shape index (κ2) is 6.95. The van der Waals surface area contributed by atoms with E-state index >= 15 is 0 Å². The van der Waals surface area contributed by atoms with Crippen molar-refractivity contribution in [1.82, 2.24) is 9.13 Å². The Bertz CT molecular complexity index is 1250. The first-order chi connectivity index (χ1) is 13.7. The Kier molecular flexibility index (Phi) is 4.28. The Morgan fingerprint density at radius 3 is 2.54 bits per heavy atom. The Morgan fingerprint density at radius 2 is 1.75 bits per heavy atom. The smallest absolute Gasteiger partial charge is 0.332 e. The zero-order chi connectivity index (χ0) is 19.1. The molecule has 3 aromatic heterocycles. The minimum Gasteiger partial charge on any atom is -0.467 e. The largest absolute Gasteiger partial charge is 0.467 e. The molecule has 142 valence electrons. The van der Waals surface area contributed by atoms with Gasteiger partial charge >= 0.3 is 5.69 Å². The summed E-state index contributed by atoms with van der Waals surface area (Å²) in [5.74, 6) is 0.605. The van der Waals surface area contributed by atoms with Gasteiger partial charge in [-0.2, -0.15) is 0 Å². The van der Waals surface area contributed by atoms with Gasteiger partial charge in [-0.15, -0.1) is 11.3 Å². The zero-order valence-corrected chi connectivity index (χ0v) is 16.2. The van der Waals surface area contributed by atoms with Crippen LogP contribution in [0.25, 0.3) is 10.2 Å². The fraction of sp³-hybridized carbons (Fsp3) is 0.273. The summed E-state index contributed by atoms with van der Waals surface area (Å²) in [6.45, 7) is 0.605. The molecule has 28 heavy (non-hydrogen) atoms. The van der Waals surface area contributed by atoms with Crippen molar-refractivity contribution in [1.29, 1.82) is 0 Å². The Balaban J connectivity index is 1.77. The molecule has 4 aromatic rings. The van der Waals surface area contributed by atoms with E-state index < -0.39 is 0 Å². The highest BCUT2D eigenvalue weighted by Crippen LogP contribution is 2.34.